The zero-order chi connectivity index (χ0) is 19.3. The molecule has 28 heavy (non-hydrogen) atoms. The molecule has 0 radical (unpaired) electrons. The molecule has 6 heteroatoms. The third-order valence-electron chi connectivity index (χ3n) is 6.14. The van der Waals surface area contributed by atoms with E-state index in [4.69, 9.17) is 0 Å². The third-order valence-corrected chi connectivity index (χ3v) is 6.14. The van der Waals surface area contributed by atoms with E-state index in [1.165, 1.54) is 5.56 Å². The minimum atomic E-state index is -0.342. The average Bonchev–Trinajstić information content (AvgIpc) is 2.74. The van der Waals surface area contributed by atoms with Gasteiger partial charge in [-0.1, -0.05) is 30.3 Å². The molecular weight excluding hydrogens is 350 g/mol. The molecule has 3 heterocycles. The van der Waals surface area contributed by atoms with Crippen molar-refractivity contribution in [1.29, 1.82) is 0 Å². The summed E-state index contributed by atoms with van der Waals surface area (Å²) < 4.78 is 0. The van der Waals surface area contributed by atoms with Gasteiger partial charge in [-0.15, -0.1) is 0 Å². The number of aliphatic hydroxyl groups is 1. The molecule has 0 bridgehead atoms. The van der Waals surface area contributed by atoms with Crippen molar-refractivity contribution in [2.24, 2.45) is 0 Å². The molecule has 2 aliphatic heterocycles. The lowest BCUT2D eigenvalue weighted by Crippen LogP contribution is -2.59. The van der Waals surface area contributed by atoms with Gasteiger partial charge in [0.2, 0.25) is 0 Å². The molecule has 4 rings (SSSR count). The van der Waals surface area contributed by atoms with E-state index in [0.29, 0.717) is 6.54 Å². The number of aryl methyl sites for hydroxylation is 1. The highest BCUT2D eigenvalue weighted by Crippen LogP contribution is 2.23. The summed E-state index contributed by atoms with van der Waals surface area (Å²) in [6.45, 7) is 8.92. The molecule has 6 nitrogen and oxygen atoms in total. The Morgan fingerprint density at radius 1 is 1.00 bits per heavy atom. The largest absolute Gasteiger partial charge is 0.390 e. The second kappa shape index (κ2) is 8.99. The maximum absolute atomic E-state index is 10.8. The Morgan fingerprint density at radius 3 is 2.46 bits per heavy atom. The minimum Gasteiger partial charge on any atom is -0.390 e. The van der Waals surface area contributed by atoms with Gasteiger partial charge in [-0.25, -0.2) is 4.98 Å². The maximum atomic E-state index is 10.8. The first-order chi connectivity index (χ1) is 13.7. The summed E-state index contributed by atoms with van der Waals surface area (Å²) in [6, 6.07) is 11.0. The highest BCUT2D eigenvalue weighted by atomic mass is 16.3. The van der Waals surface area contributed by atoms with Gasteiger partial charge >= 0.3 is 0 Å². The van der Waals surface area contributed by atoms with Crippen LogP contribution in [0.5, 0.6) is 0 Å². The van der Waals surface area contributed by atoms with Crippen LogP contribution in [0.2, 0.25) is 0 Å². The van der Waals surface area contributed by atoms with Gasteiger partial charge in [0.05, 0.1) is 11.8 Å². The highest BCUT2D eigenvalue weighted by Gasteiger charge is 2.34. The Hall–Kier alpha value is -2.02. The molecule has 2 saturated heterocycles. The summed E-state index contributed by atoms with van der Waals surface area (Å²) in [5.41, 5.74) is 2.34. The van der Waals surface area contributed by atoms with E-state index >= 15 is 0 Å². The molecule has 0 unspecified atom stereocenters. The summed E-state index contributed by atoms with van der Waals surface area (Å²) in [4.78, 5) is 16.0. The van der Waals surface area contributed by atoms with E-state index in [2.05, 4.69) is 55.0 Å². The van der Waals surface area contributed by atoms with E-state index in [-0.39, 0.29) is 12.1 Å². The van der Waals surface area contributed by atoms with Gasteiger partial charge in [0.1, 0.15) is 5.82 Å². The van der Waals surface area contributed by atoms with E-state index in [1.54, 1.807) is 12.4 Å². The fourth-order valence-corrected chi connectivity index (χ4v) is 4.50. The molecule has 2 fully saturated rings. The Bertz CT molecular complexity index is 748. The molecular formula is C22H31N5O. The number of β-amino-alcohol motifs (C(OH)–C–C–N with tert-alkyl or cyclic N) is 1. The van der Waals surface area contributed by atoms with E-state index < -0.39 is 0 Å². The van der Waals surface area contributed by atoms with Crippen molar-refractivity contribution in [2.75, 3.05) is 50.7 Å². The number of piperazine rings is 1. The topological polar surface area (TPSA) is 55.7 Å². The number of aliphatic hydroxyl groups excluding tert-OH is 1. The number of piperidine rings is 1. The fraction of sp³-hybridized carbons (Fsp3) is 0.545. The predicted octanol–water partition coefficient (Wildman–Crippen LogP) is 1.58. The molecule has 0 amide bonds. The summed E-state index contributed by atoms with van der Waals surface area (Å²) in [6.07, 6.45) is 5.20. The first kappa shape index (κ1) is 19.3. The number of hydrogen-bond donors (Lipinski definition) is 1. The smallest absolute Gasteiger partial charge is 0.150 e. The number of anilines is 1. The summed E-state index contributed by atoms with van der Waals surface area (Å²) in [5.74, 6) is 0.908. The Labute approximate surface area is 167 Å². The second-order valence-corrected chi connectivity index (χ2v) is 7.95. The van der Waals surface area contributed by atoms with Gasteiger partial charge in [0.15, 0.2) is 0 Å². The molecule has 1 aromatic carbocycles. The average molecular weight is 382 g/mol. The molecule has 0 aliphatic carbocycles. The first-order valence-electron chi connectivity index (χ1n) is 10.4. The van der Waals surface area contributed by atoms with Crippen molar-refractivity contribution in [3.05, 3.63) is 54.0 Å². The summed E-state index contributed by atoms with van der Waals surface area (Å²) >= 11 is 0. The van der Waals surface area contributed by atoms with Crippen LogP contribution in [-0.4, -0.2) is 82.8 Å². The Kier molecular flexibility index (Phi) is 6.20. The zero-order valence-electron chi connectivity index (χ0n) is 16.7. The van der Waals surface area contributed by atoms with E-state index in [1.807, 2.05) is 6.92 Å². The number of nitrogens with zero attached hydrogens (tertiary/aromatic N) is 5. The lowest BCUT2D eigenvalue weighted by Gasteiger charge is -2.45. The van der Waals surface area contributed by atoms with Crippen molar-refractivity contribution < 1.29 is 5.11 Å². The lowest BCUT2D eigenvalue weighted by atomic mass is 9.99. The van der Waals surface area contributed by atoms with Crippen LogP contribution in [0, 0.1) is 6.92 Å². The van der Waals surface area contributed by atoms with Gasteiger partial charge in [0.25, 0.3) is 0 Å². The second-order valence-electron chi connectivity index (χ2n) is 7.95. The molecule has 2 aromatic rings. The van der Waals surface area contributed by atoms with Crippen LogP contribution < -0.4 is 4.90 Å². The quantitative estimate of drug-likeness (QED) is 0.849. The molecule has 1 N–H and O–H groups in total. The molecule has 0 saturated carbocycles. The molecule has 2 aliphatic rings. The lowest BCUT2D eigenvalue weighted by molar-refractivity contribution is 0.00965. The predicted molar refractivity (Wildman–Crippen MR) is 112 cm³/mol. The number of rotatable bonds is 5. The zero-order valence-corrected chi connectivity index (χ0v) is 16.7. The molecule has 150 valence electrons. The highest BCUT2D eigenvalue weighted by molar-refractivity contribution is 5.43. The number of aromatic nitrogens is 2. The maximum Gasteiger partial charge on any atom is 0.150 e. The van der Waals surface area contributed by atoms with E-state index in [9.17, 15) is 5.11 Å². The van der Waals surface area contributed by atoms with Gasteiger partial charge in [0, 0.05) is 64.2 Å². The standard InChI is InChI=1S/C22H31N5O/c1-18-22(24-10-9-23-18)27-12-8-20(21(28)17-27)26-15-13-25(14-16-26)11-7-19-5-3-2-4-6-19/h2-6,9-10,20-21,28H,7-8,11-17H2,1H3/t20-,21-/m1/s1. The molecule has 0 spiro atoms. The van der Waals surface area contributed by atoms with Crippen molar-refractivity contribution in [1.82, 2.24) is 19.8 Å². The first-order valence-corrected chi connectivity index (χ1v) is 10.4. The third kappa shape index (κ3) is 4.51. The van der Waals surface area contributed by atoms with Crippen LogP contribution in [0.15, 0.2) is 42.7 Å². The number of benzene rings is 1. The minimum absolute atomic E-state index is 0.254. The fourth-order valence-electron chi connectivity index (χ4n) is 4.50. The van der Waals surface area contributed by atoms with Crippen molar-refractivity contribution >= 4 is 5.82 Å². The van der Waals surface area contributed by atoms with E-state index in [0.717, 1.165) is 63.6 Å². The van der Waals surface area contributed by atoms with Crippen LogP contribution in [0.4, 0.5) is 5.82 Å². The Morgan fingerprint density at radius 2 is 1.75 bits per heavy atom. The number of hydrogen-bond acceptors (Lipinski definition) is 6. The van der Waals surface area contributed by atoms with Crippen molar-refractivity contribution in [2.45, 2.75) is 31.9 Å². The van der Waals surface area contributed by atoms with Gasteiger partial charge in [-0.2, -0.15) is 0 Å². The molecule has 2 atom stereocenters. The summed E-state index contributed by atoms with van der Waals surface area (Å²) in [5, 5.41) is 10.8. The summed E-state index contributed by atoms with van der Waals surface area (Å²) in [7, 11) is 0. The van der Waals surface area contributed by atoms with Gasteiger partial charge in [-0.05, 0) is 25.3 Å². The van der Waals surface area contributed by atoms with Crippen molar-refractivity contribution in [3.8, 4) is 0 Å². The normalized spacial score (nSPS) is 24.4. The van der Waals surface area contributed by atoms with Gasteiger partial charge < -0.3 is 14.9 Å². The van der Waals surface area contributed by atoms with Crippen LogP contribution >= 0.6 is 0 Å². The van der Waals surface area contributed by atoms with Crippen LogP contribution in [0.1, 0.15) is 17.7 Å². The van der Waals surface area contributed by atoms with Gasteiger partial charge in [-0.3, -0.25) is 9.88 Å². The van der Waals surface area contributed by atoms with Crippen LogP contribution in [0.3, 0.4) is 0 Å². The Balaban J connectivity index is 1.25. The van der Waals surface area contributed by atoms with Crippen molar-refractivity contribution in [3.63, 3.8) is 0 Å². The molecule has 1 aromatic heterocycles. The van der Waals surface area contributed by atoms with Crippen LogP contribution in [0.25, 0.3) is 0 Å². The van der Waals surface area contributed by atoms with Crippen LogP contribution in [-0.2, 0) is 6.42 Å². The monoisotopic (exact) mass is 381 g/mol. The SMILES string of the molecule is Cc1nccnc1N1CC[C@@H](N2CCN(CCc3ccccc3)CC2)[C@H](O)C1.